The van der Waals surface area contributed by atoms with E-state index in [0.29, 0.717) is 42.4 Å². The summed E-state index contributed by atoms with van der Waals surface area (Å²) in [5.41, 5.74) is 0.934. The zero-order valence-electron chi connectivity index (χ0n) is 14.5. The molecular weight excluding hydrogens is 353 g/mol. The van der Waals surface area contributed by atoms with Crippen LogP contribution in [0.15, 0.2) is 36.5 Å². The summed E-state index contributed by atoms with van der Waals surface area (Å²) in [7, 11) is 0. The Labute approximate surface area is 155 Å². The summed E-state index contributed by atoms with van der Waals surface area (Å²) in [5, 5.41) is 2.82. The Morgan fingerprint density at radius 3 is 2.85 bits per heavy atom. The van der Waals surface area contributed by atoms with E-state index in [1.165, 1.54) is 30.5 Å². The largest absolute Gasteiger partial charge is 0.452 e. The molecule has 2 amide bonds. The summed E-state index contributed by atoms with van der Waals surface area (Å²) in [4.78, 5) is 30.9. The minimum Gasteiger partial charge on any atom is -0.452 e. The molecule has 2 aromatic rings. The van der Waals surface area contributed by atoms with Crippen molar-refractivity contribution in [2.75, 3.05) is 25.2 Å². The molecule has 3 heterocycles. The lowest BCUT2D eigenvalue weighted by molar-refractivity contribution is -0.121. The lowest BCUT2D eigenvalue weighted by Crippen LogP contribution is -2.43. The van der Waals surface area contributed by atoms with Crippen LogP contribution in [0, 0.1) is 11.7 Å². The molecule has 2 aliphatic heterocycles. The normalized spacial score (nSPS) is 18.3. The van der Waals surface area contributed by atoms with Gasteiger partial charge in [0.1, 0.15) is 5.82 Å². The quantitative estimate of drug-likeness (QED) is 0.896. The van der Waals surface area contributed by atoms with Gasteiger partial charge in [-0.1, -0.05) is 0 Å². The number of amides is 2. The first kappa shape index (κ1) is 17.3. The van der Waals surface area contributed by atoms with Gasteiger partial charge < -0.3 is 19.7 Å². The number of pyridine rings is 1. The number of halogens is 1. The van der Waals surface area contributed by atoms with Crippen LogP contribution < -0.4 is 14.8 Å². The van der Waals surface area contributed by atoms with E-state index in [1.807, 2.05) is 0 Å². The average Bonchev–Trinajstić information content (AvgIpc) is 3.16. The lowest BCUT2D eigenvalue weighted by Gasteiger charge is -2.32. The fourth-order valence-electron chi connectivity index (χ4n) is 3.26. The van der Waals surface area contributed by atoms with E-state index < -0.39 is 0 Å². The van der Waals surface area contributed by atoms with Gasteiger partial charge in [-0.3, -0.25) is 9.59 Å². The molecule has 1 aromatic carbocycles. The van der Waals surface area contributed by atoms with Gasteiger partial charge >= 0.3 is 0 Å². The molecular formula is C19H18FN3O4. The highest BCUT2D eigenvalue weighted by molar-refractivity contribution is 5.96. The van der Waals surface area contributed by atoms with E-state index in [4.69, 9.17) is 9.47 Å². The van der Waals surface area contributed by atoms with Crippen LogP contribution in [0.3, 0.4) is 0 Å². The van der Waals surface area contributed by atoms with E-state index in [9.17, 15) is 14.0 Å². The van der Waals surface area contributed by atoms with Crippen molar-refractivity contribution in [2.45, 2.75) is 12.8 Å². The minimum absolute atomic E-state index is 0.114. The predicted octanol–water partition coefficient (Wildman–Crippen LogP) is 2.44. The van der Waals surface area contributed by atoms with Gasteiger partial charge in [0.05, 0.1) is 17.8 Å². The molecule has 1 fully saturated rings. The monoisotopic (exact) mass is 371 g/mol. The molecule has 7 nitrogen and oxygen atoms in total. The number of ether oxygens (including phenoxy) is 2. The van der Waals surface area contributed by atoms with Crippen molar-refractivity contribution in [2.24, 2.45) is 5.92 Å². The number of likely N-dealkylation sites (tertiary alicyclic amines) is 1. The van der Waals surface area contributed by atoms with Crippen LogP contribution in [0.5, 0.6) is 11.6 Å². The van der Waals surface area contributed by atoms with Gasteiger partial charge in [-0.2, -0.15) is 0 Å². The third-order valence-electron chi connectivity index (χ3n) is 4.67. The fraction of sp³-hybridized carbons (Fsp3) is 0.316. The summed E-state index contributed by atoms with van der Waals surface area (Å²) in [6, 6.07) is 7.10. The summed E-state index contributed by atoms with van der Waals surface area (Å²) >= 11 is 0. The number of hydrogen-bond donors (Lipinski definition) is 1. The Hall–Kier alpha value is -3.16. The van der Waals surface area contributed by atoms with Crippen LogP contribution >= 0.6 is 0 Å². The number of aromatic nitrogens is 1. The molecule has 140 valence electrons. The van der Waals surface area contributed by atoms with E-state index in [1.54, 1.807) is 11.0 Å². The zero-order chi connectivity index (χ0) is 18.8. The third kappa shape index (κ3) is 3.69. The second kappa shape index (κ2) is 7.22. The topological polar surface area (TPSA) is 80.8 Å². The van der Waals surface area contributed by atoms with Crippen molar-refractivity contribution in [3.63, 3.8) is 0 Å². The van der Waals surface area contributed by atoms with E-state index in [0.717, 1.165) is 6.42 Å². The maximum absolute atomic E-state index is 13.1. The molecule has 1 atom stereocenters. The highest BCUT2D eigenvalue weighted by atomic mass is 19.1. The molecule has 0 saturated carbocycles. The van der Waals surface area contributed by atoms with Crippen molar-refractivity contribution in [3.8, 4) is 11.6 Å². The van der Waals surface area contributed by atoms with Gasteiger partial charge in [-0.25, -0.2) is 9.37 Å². The number of carbonyl (C=O) groups is 2. The maximum Gasteiger partial charge on any atom is 0.260 e. The number of rotatable bonds is 3. The third-order valence-corrected chi connectivity index (χ3v) is 4.67. The Bertz CT molecular complexity index is 872. The van der Waals surface area contributed by atoms with Gasteiger partial charge in [0, 0.05) is 24.7 Å². The molecule has 2 aliphatic rings. The van der Waals surface area contributed by atoms with Gasteiger partial charge in [0.2, 0.25) is 12.7 Å². The first-order valence-electron chi connectivity index (χ1n) is 8.71. The Kier molecular flexibility index (Phi) is 4.62. The van der Waals surface area contributed by atoms with Crippen molar-refractivity contribution >= 4 is 17.5 Å². The van der Waals surface area contributed by atoms with Gasteiger partial charge in [0.15, 0.2) is 5.75 Å². The zero-order valence-corrected chi connectivity index (χ0v) is 14.5. The number of piperidine rings is 1. The maximum atomic E-state index is 13.1. The number of carbonyl (C=O) groups excluding carboxylic acids is 2. The van der Waals surface area contributed by atoms with Crippen molar-refractivity contribution in [3.05, 3.63) is 47.9 Å². The van der Waals surface area contributed by atoms with Gasteiger partial charge in [-0.15, -0.1) is 0 Å². The molecule has 4 rings (SSSR count). The molecule has 0 bridgehead atoms. The number of anilines is 1. The van der Waals surface area contributed by atoms with Crippen molar-refractivity contribution in [1.29, 1.82) is 0 Å². The first-order valence-corrected chi connectivity index (χ1v) is 8.71. The van der Waals surface area contributed by atoms with Crippen LogP contribution in [0.25, 0.3) is 0 Å². The number of nitrogens with zero attached hydrogens (tertiary/aromatic N) is 2. The standard InChI is InChI=1S/C19H18FN3O4/c20-14-5-3-12(4-6-14)19(25)23-7-1-2-13(10-23)17(24)22-15-8-16-18(21-9-15)27-11-26-16/h3-6,8-9,13H,1-2,7,10-11H2,(H,22,24). The van der Waals surface area contributed by atoms with Crippen LogP contribution in [0.4, 0.5) is 10.1 Å². The molecule has 0 spiro atoms. The number of nitrogens with one attached hydrogen (secondary N) is 1. The Morgan fingerprint density at radius 2 is 2.04 bits per heavy atom. The summed E-state index contributed by atoms with van der Waals surface area (Å²) in [5.74, 6) is -0.191. The number of benzene rings is 1. The second-order valence-electron chi connectivity index (χ2n) is 6.52. The van der Waals surface area contributed by atoms with Crippen LogP contribution in [0.1, 0.15) is 23.2 Å². The molecule has 1 saturated heterocycles. The van der Waals surface area contributed by atoms with Crippen LogP contribution in [-0.4, -0.2) is 41.6 Å². The average molecular weight is 371 g/mol. The molecule has 1 N–H and O–H groups in total. The second-order valence-corrected chi connectivity index (χ2v) is 6.52. The summed E-state index contributed by atoms with van der Waals surface area (Å²) in [6.07, 6.45) is 2.93. The molecule has 8 heteroatoms. The molecule has 1 aromatic heterocycles. The Balaban J connectivity index is 1.40. The van der Waals surface area contributed by atoms with E-state index in [2.05, 4.69) is 10.3 Å². The van der Waals surface area contributed by atoms with Crippen molar-refractivity contribution < 1.29 is 23.5 Å². The van der Waals surface area contributed by atoms with Crippen LogP contribution in [0.2, 0.25) is 0 Å². The molecule has 0 aliphatic carbocycles. The minimum atomic E-state index is -0.389. The highest BCUT2D eigenvalue weighted by Crippen LogP contribution is 2.32. The van der Waals surface area contributed by atoms with Crippen molar-refractivity contribution in [1.82, 2.24) is 9.88 Å². The fourth-order valence-corrected chi connectivity index (χ4v) is 3.26. The molecule has 27 heavy (non-hydrogen) atoms. The molecule has 1 unspecified atom stereocenters. The van der Waals surface area contributed by atoms with Gasteiger partial charge in [0.25, 0.3) is 11.8 Å². The molecule has 0 radical (unpaired) electrons. The smallest absolute Gasteiger partial charge is 0.260 e. The van der Waals surface area contributed by atoms with E-state index in [-0.39, 0.29) is 30.3 Å². The SMILES string of the molecule is O=C(Nc1cnc2c(c1)OCO2)C1CCCN(C(=O)c2ccc(F)cc2)C1. The highest BCUT2D eigenvalue weighted by Gasteiger charge is 2.29. The summed E-state index contributed by atoms with van der Waals surface area (Å²) in [6.45, 7) is 1.01. The first-order chi connectivity index (χ1) is 13.1. The predicted molar refractivity (Wildman–Crippen MR) is 94.0 cm³/mol. The Morgan fingerprint density at radius 1 is 1.22 bits per heavy atom. The lowest BCUT2D eigenvalue weighted by atomic mass is 9.96. The number of hydrogen-bond acceptors (Lipinski definition) is 5. The van der Waals surface area contributed by atoms with E-state index >= 15 is 0 Å². The number of fused-ring (bicyclic) bond motifs is 1. The summed E-state index contributed by atoms with van der Waals surface area (Å²) < 4.78 is 23.5. The van der Waals surface area contributed by atoms with Gasteiger partial charge in [-0.05, 0) is 37.1 Å². The van der Waals surface area contributed by atoms with Crippen LogP contribution in [-0.2, 0) is 4.79 Å².